The molecule has 0 aliphatic carbocycles. The Kier molecular flexibility index (Phi) is 4.00. The number of nitrogens with one attached hydrogen (secondary N) is 1. The fourth-order valence-electron chi connectivity index (χ4n) is 2.73. The number of unbranched alkanes of at least 4 members (excludes halogenated alkanes) is 1. The van der Waals surface area contributed by atoms with Crippen LogP contribution in [0.3, 0.4) is 0 Å². The van der Waals surface area contributed by atoms with Crippen LogP contribution >= 0.6 is 11.8 Å². The summed E-state index contributed by atoms with van der Waals surface area (Å²) in [7, 11) is 0. The van der Waals surface area contributed by atoms with E-state index >= 15 is 0 Å². The second-order valence-electron chi connectivity index (χ2n) is 5.75. The van der Waals surface area contributed by atoms with E-state index in [9.17, 15) is 19.5 Å². The molecular formula is C13H20N2O4S. The molecule has 0 saturated carbocycles. The maximum absolute atomic E-state index is 12.1. The van der Waals surface area contributed by atoms with Gasteiger partial charge in [0.2, 0.25) is 11.8 Å². The Morgan fingerprint density at radius 3 is 2.65 bits per heavy atom. The first-order valence-corrected chi connectivity index (χ1v) is 7.69. The summed E-state index contributed by atoms with van der Waals surface area (Å²) in [6.45, 7) is 5.63. The molecule has 2 rings (SSSR count). The fourth-order valence-corrected chi connectivity index (χ4v) is 4.35. The minimum atomic E-state index is -0.992. The number of aliphatic carboxylic acids is 1. The summed E-state index contributed by atoms with van der Waals surface area (Å²) in [5.41, 5.74) is 0. The number of nitrogens with zero attached hydrogens (tertiary/aromatic N) is 1. The number of thioether (sulfide) groups is 1. The second-order valence-corrected chi connectivity index (χ2v) is 7.52. The molecule has 2 aliphatic heterocycles. The third kappa shape index (κ3) is 2.39. The van der Waals surface area contributed by atoms with Crippen LogP contribution in [-0.2, 0) is 14.4 Å². The lowest BCUT2D eigenvalue weighted by atomic mass is 9.96. The number of amides is 2. The Morgan fingerprint density at radius 2 is 2.10 bits per heavy atom. The highest BCUT2D eigenvalue weighted by atomic mass is 32.2. The number of hydrogen-bond donors (Lipinski definition) is 2. The van der Waals surface area contributed by atoms with Gasteiger partial charge in [0, 0.05) is 11.2 Å². The average molecular weight is 300 g/mol. The Hall–Kier alpha value is -1.24. The maximum Gasteiger partial charge on any atom is 0.327 e. The predicted octanol–water partition coefficient (Wildman–Crippen LogP) is 0.808. The molecule has 0 spiro atoms. The smallest absolute Gasteiger partial charge is 0.327 e. The molecule has 2 saturated heterocycles. The summed E-state index contributed by atoms with van der Waals surface area (Å²) in [5, 5.41) is 11.7. The summed E-state index contributed by atoms with van der Waals surface area (Å²) in [4.78, 5) is 36.5. The molecule has 0 aromatic carbocycles. The van der Waals surface area contributed by atoms with Crippen molar-refractivity contribution in [3.05, 3.63) is 0 Å². The van der Waals surface area contributed by atoms with Crippen LogP contribution in [0, 0.1) is 0 Å². The highest BCUT2D eigenvalue weighted by Gasteiger charge is 2.64. The number of carboxylic acid groups (broad SMARTS) is 1. The number of carbonyl (C=O) groups excluding carboxylic acids is 2. The number of hydrogen-bond acceptors (Lipinski definition) is 4. The van der Waals surface area contributed by atoms with Crippen molar-refractivity contribution in [2.75, 3.05) is 0 Å². The number of β-lactam (4-membered cyclic amide) rings is 1. The van der Waals surface area contributed by atoms with Gasteiger partial charge in [0.15, 0.2) is 0 Å². The first-order valence-electron chi connectivity index (χ1n) is 6.81. The normalized spacial score (nSPS) is 30.6. The van der Waals surface area contributed by atoms with Gasteiger partial charge in [-0.25, -0.2) is 4.79 Å². The summed E-state index contributed by atoms with van der Waals surface area (Å²) >= 11 is 1.44. The van der Waals surface area contributed by atoms with Crippen LogP contribution < -0.4 is 5.32 Å². The van der Waals surface area contributed by atoms with Crippen molar-refractivity contribution >= 4 is 29.5 Å². The Labute approximate surface area is 122 Å². The van der Waals surface area contributed by atoms with Gasteiger partial charge < -0.3 is 15.3 Å². The van der Waals surface area contributed by atoms with Gasteiger partial charge in [-0.1, -0.05) is 13.3 Å². The summed E-state index contributed by atoms with van der Waals surface area (Å²) in [6.07, 6.45) is 2.12. The van der Waals surface area contributed by atoms with E-state index in [1.165, 1.54) is 16.7 Å². The molecule has 112 valence electrons. The minimum Gasteiger partial charge on any atom is -0.480 e. The van der Waals surface area contributed by atoms with E-state index in [1.54, 1.807) is 0 Å². The number of carboxylic acids is 1. The van der Waals surface area contributed by atoms with Gasteiger partial charge in [0.25, 0.3) is 0 Å². The second kappa shape index (κ2) is 5.27. The van der Waals surface area contributed by atoms with Crippen molar-refractivity contribution in [1.29, 1.82) is 0 Å². The quantitative estimate of drug-likeness (QED) is 0.734. The van der Waals surface area contributed by atoms with Crippen molar-refractivity contribution in [3.63, 3.8) is 0 Å². The van der Waals surface area contributed by atoms with Gasteiger partial charge in [0.05, 0.1) is 0 Å². The summed E-state index contributed by atoms with van der Waals surface area (Å²) in [6, 6.07) is -1.40. The molecule has 0 aromatic heterocycles. The van der Waals surface area contributed by atoms with E-state index in [0.717, 1.165) is 12.8 Å². The fraction of sp³-hybridized carbons (Fsp3) is 0.769. The van der Waals surface area contributed by atoms with Crippen LogP contribution in [0.4, 0.5) is 0 Å². The zero-order chi connectivity index (χ0) is 15.1. The molecule has 3 unspecified atom stereocenters. The van der Waals surface area contributed by atoms with Crippen LogP contribution in [0.2, 0.25) is 0 Å². The zero-order valence-corrected chi connectivity index (χ0v) is 12.7. The standard InChI is InChI=1S/C13H20N2O4S/c1-4-5-6-7(16)14-8-10(17)15-9(12(18)19)13(2,3)20-11(8)15/h8-9,11H,4-6H2,1-3H3,(H,14,16)(H,18,19). The molecule has 0 radical (unpaired) electrons. The third-order valence-electron chi connectivity index (χ3n) is 3.75. The lowest BCUT2D eigenvalue weighted by Crippen LogP contribution is -2.70. The molecule has 2 N–H and O–H groups in total. The molecule has 20 heavy (non-hydrogen) atoms. The zero-order valence-electron chi connectivity index (χ0n) is 11.9. The first kappa shape index (κ1) is 15.2. The topological polar surface area (TPSA) is 86.7 Å². The van der Waals surface area contributed by atoms with E-state index in [0.29, 0.717) is 6.42 Å². The van der Waals surface area contributed by atoms with Crippen LogP contribution in [0.15, 0.2) is 0 Å². The largest absolute Gasteiger partial charge is 0.480 e. The summed E-state index contributed by atoms with van der Waals surface area (Å²) in [5.74, 6) is -1.42. The molecular weight excluding hydrogens is 280 g/mol. The SMILES string of the molecule is CCCCC(=O)NC1C(=O)N2C1SC(C)(C)C2C(=O)O. The van der Waals surface area contributed by atoms with E-state index in [-0.39, 0.29) is 17.2 Å². The Morgan fingerprint density at radius 1 is 1.45 bits per heavy atom. The first-order chi connectivity index (χ1) is 9.29. The number of rotatable bonds is 5. The van der Waals surface area contributed by atoms with E-state index < -0.39 is 22.8 Å². The molecule has 2 amide bonds. The van der Waals surface area contributed by atoms with Gasteiger partial charge >= 0.3 is 5.97 Å². The van der Waals surface area contributed by atoms with Crippen LogP contribution in [0.5, 0.6) is 0 Å². The molecule has 6 nitrogen and oxygen atoms in total. The monoisotopic (exact) mass is 300 g/mol. The van der Waals surface area contributed by atoms with Gasteiger partial charge in [0.1, 0.15) is 17.5 Å². The van der Waals surface area contributed by atoms with Gasteiger partial charge in [-0.3, -0.25) is 9.59 Å². The van der Waals surface area contributed by atoms with Crippen LogP contribution in [0.25, 0.3) is 0 Å². The highest BCUT2D eigenvalue weighted by molar-refractivity contribution is 8.01. The van der Waals surface area contributed by atoms with Crippen molar-refractivity contribution in [1.82, 2.24) is 10.2 Å². The van der Waals surface area contributed by atoms with E-state index in [1.807, 2.05) is 20.8 Å². The molecule has 2 aliphatic rings. The average Bonchev–Trinajstić information content (AvgIpc) is 2.62. The van der Waals surface area contributed by atoms with Gasteiger partial charge in [-0.2, -0.15) is 0 Å². The Bertz CT molecular complexity index is 452. The molecule has 7 heteroatoms. The van der Waals surface area contributed by atoms with E-state index in [2.05, 4.69) is 5.32 Å². The van der Waals surface area contributed by atoms with Crippen LogP contribution in [-0.4, -0.2) is 50.0 Å². The minimum absolute atomic E-state index is 0.137. The highest BCUT2D eigenvalue weighted by Crippen LogP contribution is 2.50. The van der Waals surface area contributed by atoms with Gasteiger partial charge in [-0.15, -0.1) is 11.8 Å². The van der Waals surface area contributed by atoms with Crippen molar-refractivity contribution in [2.24, 2.45) is 0 Å². The number of carbonyl (C=O) groups is 3. The molecule has 2 heterocycles. The Balaban J connectivity index is 2.03. The maximum atomic E-state index is 12.1. The van der Waals surface area contributed by atoms with Crippen molar-refractivity contribution < 1.29 is 19.5 Å². The lowest BCUT2D eigenvalue weighted by molar-refractivity contribution is -0.161. The van der Waals surface area contributed by atoms with E-state index in [4.69, 9.17) is 0 Å². The number of fused-ring (bicyclic) bond motifs is 1. The van der Waals surface area contributed by atoms with Crippen molar-refractivity contribution in [2.45, 2.75) is 62.2 Å². The molecule has 0 bridgehead atoms. The molecule has 2 fully saturated rings. The third-order valence-corrected chi connectivity index (χ3v) is 5.32. The van der Waals surface area contributed by atoms with Gasteiger partial charge in [-0.05, 0) is 20.3 Å². The van der Waals surface area contributed by atoms with Crippen LogP contribution in [0.1, 0.15) is 40.0 Å². The summed E-state index contributed by atoms with van der Waals surface area (Å²) < 4.78 is -0.547. The van der Waals surface area contributed by atoms with Crippen molar-refractivity contribution in [3.8, 4) is 0 Å². The molecule has 0 aromatic rings. The predicted molar refractivity (Wildman–Crippen MR) is 75.2 cm³/mol. The lowest BCUT2D eigenvalue weighted by Gasteiger charge is -2.43. The molecule has 3 atom stereocenters.